The van der Waals surface area contributed by atoms with Crippen LogP contribution in [-0.2, 0) is 5.41 Å². The van der Waals surface area contributed by atoms with Crippen LogP contribution in [0.4, 0.5) is 5.69 Å². The number of fused-ring (bicyclic) bond motifs is 2. The van der Waals surface area contributed by atoms with Crippen molar-refractivity contribution in [2.24, 2.45) is 5.92 Å². The normalized spacial score (nSPS) is 22.1. The molecule has 3 rings (SSSR count). The summed E-state index contributed by atoms with van der Waals surface area (Å²) in [5, 5.41) is 0. The number of para-hydroxylation sites is 1. The molecule has 3 heteroatoms. The van der Waals surface area contributed by atoms with Crippen LogP contribution < -0.4 is 22.2 Å². The predicted molar refractivity (Wildman–Crippen MR) is 99.5 cm³/mol. The first-order valence-electron chi connectivity index (χ1n) is 9.71. The van der Waals surface area contributed by atoms with E-state index in [-0.39, 0.29) is 12.4 Å². The van der Waals surface area contributed by atoms with Gasteiger partial charge in [-0.25, -0.2) is 0 Å². The van der Waals surface area contributed by atoms with Crippen LogP contribution in [0.2, 0.25) is 0 Å². The lowest BCUT2D eigenvalue weighted by atomic mass is 9.64. The Morgan fingerprint density at radius 1 is 1.12 bits per heavy atom. The van der Waals surface area contributed by atoms with Crippen LogP contribution in [0.1, 0.15) is 57.9 Å². The third kappa shape index (κ3) is 3.46. The largest absolute Gasteiger partial charge is 1.00 e. The average molecular weight is 351 g/mol. The molecular formula is C21H35ClN2. The molecule has 1 heterocycles. The van der Waals surface area contributed by atoms with Gasteiger partial charge in [0.15, 0.2) is 0 Å². The molecule has 1 aliphatic heterocycles. The van der Waals surface area contributed by atoms with Gasteiger partial charge in [0.2, 0.25) is 0 Å². The molecule has 1 saturated carbocycles. The van der Waals surface area contributed by atoms with E-state index in [1.165, 1.54) is 51.6 Å². The summed E-state index contributed by atoms with van der Waals surface area (Å²) in [6.07, 6.45) is 8.32. The van der Waals surface area contributed by atoms with E-state index in [0.29, 0.717) is 17.4 Å². The average Bonchev–Trinajstić information content (AvgIpc) is 2.78. The molecule has 0 radical (unpaired) electrons. The molecule has 1 fully saturated rings. The quantitative estimate of drug-likeness (QED) is 0.801. The maximum absolute atomic E-state index is 2.79. The van der Waals surface area contributed by atoms with Crippen molar-refractivity contribution < 1.29 is 17.3 Å². The molecule has 2 aliphatic rings. The first-order chi connectivity index (χ1) is 11.1. The molecule has 1 aromatic rings. The van der Waals surface area contributed by atoms with Gasteiger partial charge in [-0.2, -0.15) is 0 Å². The number of nitrogens with zero attached hydrogens (tertiary/aromatic N) is 1. The Morgan fingerprint density at radius 3 is 2.42 bits per heavy atom. The fourth-order valence-electron chi connectivity index (χ4n) is 5.36. The molecule has 1 aromatic carbocycles. The summed E-state index contributed by atoms with van der Waals surface area (Å²) in [4.78, 5) is 4.35. The van der Waals surface area contributed by atoms with Crippen molar-refractivity contribution >= 4 is 5.69 Å². The van der Waals surface area contributed by atoms with Gasteiger partial charge in [0, 0.05) is 30.1 Å². The summed E-state index contributed by atoms with van der Waals surface area (Å²) >= 11 is 0. The lowest BCUT2D eigenvalue weighted by molar-refractivity contribution is -0.858. The fourth-order valence-corrected chi connectivity index (χ4v) is 5.36. The summed E-state index contributed by atoms with van der Waals surface area (Å²) in [5.74, 6) is 0.715. The number of hydrogen-bond donors (Lipinski definition) is 1. The molecule has 1 atom stereocenters. The Balaban J connectivity index is 0.00000208. The summed E-state index contributed by atoms with van der Waals surface area (Å²) in [7, 11) is 4.53. The minimum Gasteiger partial charge on any atom is -1.00 e. The van der Waals surface area contributed by atoms with Gasteiger partial charge in [0.25, 0.3) is 0 Å². The number of hydrogen-bond acceptors (Lipinski definition) is 1. The van der Waals surface area contributed by atoms with Crippen LogP contribution in [0.15, 0.2) is 24.3 Å². The van der Waals surface area contributed by atoms with Crippen LogP contribution in [-0.4, -0.2) is 33.2 Å². The summed E-state index contributed by atoms with van der Waals surface area (Å²) in [6, 6.07) is 10.0. The Hall–Kier alpha value is -0.730. The van der Waals surface area contributed by atoms with E-state index < -0.39 is 0 Å². The van der Waals surface area contributed by atoms with Gasteiger partial charge in [-0.15, -0.1) is 0 Å². The zero-order valence-electron chi connectivity index (χ0n) is 15.9. The highest BCUT2D eigenvalue weighted by Gasteiger charge is 2.51. The molecule has 0 bridgehead atoms. The van der Waals surface area contributed by atoms with Crippen molar-refractivity contribution in [3.8, 4) is 0 Å². The number of rotatable bonds is 5. The predicted octanol–water partition coefficient (Wildman–Crippen LogP) is 0.272. The minimum atomic E-state index is 0. The van der Waals surface area contributed by atoms with Gasteiger partial charge >= 0.3 is 0 Å². The summed E-state index contributed by atoms with van der Waals surface area (Å²) < 4.78 is 0. The van der Waals surface area contributed by atoms with Crippen molar-refractivity contribution in [2.75, 3.05) is 32.1 Å². The van der Waals surface area contributed by atoms with Crippen molar-refractivity contribution in [1.29, 1.82) is 0 Å². The zero-order valence-corrected chi connectivity index (χ0v) is 16.7. The van der Waals surface area contributed by atoms with Gasteiger partial charge < -0.3 is 22.2 Å². The first kappa shape index (κ1) is 19.6. The van der Waals surface area contributed by atoms with Gasteiger partial charge in [-0.05, 0) is 30.4 Å². The molecule has 0 aromatic heterocycles. The second-order valence-electron chi connectivity index (χ2n) is 8.43. The van der Waals surface area contributed by atoms with Gasteiger partial charge in [-0.3, -0.25) is 0 Å². The molecule has 136 valence electrons. The van der Waals surface area contributed by atoms with E-state index in [4.69, 9.17) is 0 Å². The Morgan fingerprint density at radius 2 is 1.79 bits per heavy atom. The van der Waals surface area contributed by atoms with Crippen LogP contribution >= 0.6 is 0 Å². The van der Waals surface area contributed by atoms with E-state index >= 15 is 0 Å². The highest BCUT2D eigenvalue weighted by molar-refractivity contribution is 5.65. The Kier molecular flexibility index (Phi) is 6.61. The minimum absolute atomic E-state index is 0. The Bertz CT molecular complexity index is 520. The molecule has 1 aliphatic carbocycles. The zero-order chi connectivity index (χ0) is 16.4. The van der Waals surface area contributed by atoms with Crippen molar-refractivity contribution in [3.05, 3.63) is 29.8 Å². The fraction of sp³-hybridized carbons (Fsp3) is 0.714. The molecule has 1 N–H and O–H groups in total. The number of nitrogens with one attached hydrogen (secondary N) is 1. The van der Waals surface area contributed by atoms with Crippen LogP contribution in [0.5, 0.6) is 0 Å². The molecule has 0 saturated heterocycles. The lowest BCUT2D eigenvalue weighted by Gasteiger charge is -2.44. The van der Waals surface area contributed by atoms with E-state index in [2.05, 4.69) is 57.1 Å². The van der Waals surface area contributed by atoms with Crippen LogP contribution in [0.3, 0.4) is 0 Å². The van der Waals surface area contributed by atoms with E-state index in [1.807, 2.05) is 0 Å². The summed E-state index contributed by atoms with van der Waals surface area (Å²) in [6.45, 7) is 7.36. The maximum Gasteiger partial charge on any atom is 0.0783 e. The number of halogens is 1. The molecule has 1 spiro atoms. The second kappa shape index (κ2) is 8.10. The van der Waals surface area contributed by atoms with Gasteiger partial charge in [0.1, 0.15) is 0 Å². The first-order valence-corrected chi connectivity index (χ1v) is 9.71. The highest BCUT2D eigenvalue weighted by Crippen LogP contribution is 2.54. The smallest absolute Gasteiger partial charge is 0.0783 e. The SMILES string of the molecule is CC(C)C1N(CCC[NH+](C)C)c2ccccc2C12CCCCC2.[Cl-]. The molecular weight excluding hydrogens is 316 g/mol. The molecule has 0 amide bonds. The molecule has 1 unspecified atom stereocenters. The second-order valence-corrected chi connectivity index (χ2v) is 8.43. The lowest BCUT2D eigenvalue weighted by Crippen LogP contribution is -3.05. The van der Waals surface area contributed by atoms with Crippen molar-refractivity contribution in [3.63, 3.8) is 0 Å². The monoisotopic (exact) mass is 350 g/mol. The van der Waals surface area contributed by atoms with E-state index in [9.17, 15) is 0 Å². The maximum atomic E-state index is 2.79. The number of quaternary nitrogens is 1. The van der Waals surface area contributed by atoms with Crippen molar-refractivity contribution in [2.45, 2.75) is 63.8 Å². The van der Waals surface area contributed by atoms with Gasteiger partial charge in [-0.1, -0.05) is 51.3 Å². The molecule has 2 nitrogen and oxygen atoms in total. The highest BCUT2D eigenvalue weighted by atomic mass is 35.5. The van der Waals surface area contributed by atoms with E-state index in [0.717, 1.165) is 0 Å². The topological polar surface area (TPSA) is 7.68 Å². The third-order valence-electron chi connectivity index (χ3n) is 6.10. The molecule has 24 heavy (non-hydrogen) atoms. The number of benzene rings is 1. The third-order valence-corrected chi connectivity index (χ3v) is 6.10. The van der Waals surface area contributed by atoms with E-state index in [1.54, 1.807) is 16.2 Å². The Labute approximate surface area is 155 Å². The van der Waals surface area contributed by atoms with Gasteiger partial charge in [0.05, 0.1) is 20.6 Å². The standard InChI is InChI=1S/C21H34N2.ClH/c1-17(2)20-21(13-8-5-9-14-21)18-11-6-7-12-19(18)23(20)16-10-15-22(3)4;/h6-7,11-12,17,20H,5,8-10,13-16H2,1-4H3;1H. The number of anilines is 1. The summed E-state index contributed by atoms with van der Waals surface area (Å²) in [5.41, 5.74) is 3.63. The van der Waals surface area contributed by atoms with Crippen molar-refractivity contribution in [1.82, 2.24) is 0 Å². The van der Waals surface area contributed by atoms with Crippen LogP contribution in [0.25, 0.3) is 0 Å². The van der Waals surface area contributed by atoms with Crippen LogP contribution in [0, 0.1) is 5.92 Å².